The van der Waals surface area contributed by atoms with E-state index in [2.05, 4.69) is 0 Å². The lowest BCUT2D eigenvalue weighted by molar-refractivity contribution is -0.137. The van der Waals surface area contributed by atoms with Gasteiger partial charge in [0.15, 0.2) is 0 Å². The van der Waals surface area contributed by atoms with Gasteiger partial charge >= 0.3 is 5.97 Å². The lowest BCUT2D eigenvalue weighted by atomic mass is 9.82. The Hall–Kier alpha value is -2.55. The maximum Gasteiger partial charge on any atom is 0.346 e. The van der Waals surface area contributed by atoms with Crippen LogP contribution in [-0.4, -0.2) is 35.5 Å². The molecule has 0 aliphatic carbocycles. The summed E-state index contributed by atoms with van der Waals surface area (Å²) in [5, 5.41) is 0. The Morgan fingerprint density at radius 1 is 1.03 bits per heavy atom. The maximum atomic E-state index is 13.6. The highest BCUT2D eigenvalue weighted by Crippen LogP contribution is 2.59. The highest BCUT2D eigenvalue weighted by Gasteiger charge is 2.45. The first-order chi connectivity index (χ1) is 18.1. The van der Waals surface area contributed by atoms with E-state index in [1.165, 1.54) is 23.5 Å². The summed E-state index contributed by atoms with van der Waals surface area (Å²) in [4.78, 5) is 30.5. The first-order valence-electron chi connectivity index (χ1n) is 12.8. The minimum Gasteiger partial charge on any atom is -0.494 e. The number of carbonyl (C=O) groups excluding carboxylic acids is 2. The fraction of sp³-hybridized carbons (Fsp3) is 0.367. The predicted molar refractivity (Wildman–Crippen MR) is 163 cm³/mol. The predicted octanol–water partition coefficient (Wildman–Crippen LogP) is 7.71. The van der Waals surface area contributed by atoms with E-state index in [1.807, 2.05) is 88.0 Å². The molecule has 2 aliphatic heterocycles. The number of thiocarbonyl (C=S) groups is 1. The minimum atomic E-state index is -0.746. The average Bonchev–Trinajstić information content (AvgIpc) is 3.30. The number of ether oxygens (including phenoxy) is 2. The Kier molecular flexibility index (Phi) is 8.75. The summed E-state index contributed by atoms with van der Waals surface area (Å²) in [7, 11) is 0. The second-order valence-corrected chi connectivity index (χ2v) is 12.6. The third-order valence-corrected chi connectivity index (χ3v) is 9.59. The number of hydrogen-bond donors (Lipinski definition) is 0. The fourth-order valence-corrected chi connectivity index (χ4v) is 7.73. The van der Waals surface area contributed by atoms with Crippen molar-refractivity contribution in [2.45, 2.75) is 53.5 Å². The lowest BCUT2D eigenvalue weighted by Crippen LogP contribution is -2.56. The van der Waals surface area contributed by atoms with Crippen molar-refractivity contribution in [3.05, 3.63) is 68.8 Å². The molecule has 0 N–H and O–H groups in total. The van der Waals surface area contributed by atoms with Gasteiger partial charge in [-0.1, -0.05) is 79.9 Å². The molecule has 200 valence electrons. The monoisotopic (exact) mass is 567 g/mol. The number of esters is 1. The van der Waals surface area contributed by atoms with E-state index >= 15 is 0 Å². The van der Waals surface area contributed by atoms with Crippen LogP contribution in [0.25, 0.3) is 10.5 Å². The van der Waals surface area contributed by atoms with Crippen molar-refractivity contribution in [2.75, 3.05) is 18.1 Å². The number of anilines is 1. The van der Waals surface area contributed by atoms with Crippen LogP contribution in [0.5, 0.6) is 5.75 Å². The molecule has 2 aromatic rings. The highest BCUT2D eigenvalue weighted by atomic mass is 32.2. The second-order valence-electron chi connectivity index (χ2n) is 9.94. The molecule has 0 spiro atoms. The van der Waals surface area contributed by atoms with E-state index in [4.69, 9.17) is 21.7 Å². The molecular weight excluding hydrogens is 535 g/mol. The van der Waals surface area contributed by atoms with E-state index in [9.17, 15) is 9.59 Å². The highest BCUT2D eigenvalue weighted by molar-refractivity contribution is 8.32. The van der Waals surface area contributed by atoms with Gasteiger partial charge in [-0.05, 0) is 57.4 Å². The summed E-state index contributed by atoms with van der Waals surface area (Å²) in [5.41, 5.74) is 2.70. The molecule has 0 aromatic heterocycles. The summed E-state index contributed by atoms with van der Waals surface area (Å²) in [6.45, 7) is 12.6. The molecule has 2 heterocycles. The molecule has 0 fully saturated rings. The number of benzene rings is 2. The van der Waals surface area contributed by atoms with Crippen LogP contribution >= 0.6 is 35.7 Å². The van der Waals surface area contributed by atoms with Crippen LogP contribution in [0.4, 0.5) is 5.69 Å². The van der Waals surface area contributed by atoms with E-state index in [1.54, 1.807) is 6.92 Å². The van der Waals surface area contributed by atoms with Crippen LogP contribution in [0.15, 0.2) is 57.7 Å². The molecule has 0 atom stereocenters. The zero-order valence-corrected chi connectivity index (χ0v) is 25.1. The molecule has 4 rings (SSSR count). The van der Waals surface area contributed by atoms with E-state index in [-0.39, 0.29) is 17.8 Å². The Morgan fingerprint density at radius 2 is 1.74 bits per heavy atom. The van der Waals surface area contributed by atoms with Crippen LogP contribution in [0.1, 0.15) is 59.1 Å². The van der Waals surface area contributed by atoms with Crippen molar-refractivity contribution in [2.24, 2.45) is 5.92 Å². The lowest BCUT2D eigenvalue weighted by Gasteiger charge is -2.45. The molecule has 38 heavy (non-hydrogen) atoms. The molecule has 0 radical (unpaired) electrons. The van der Waals surface area contributed by atoms with Gasteiger partial charge in [0.05, 0.1) is 33.5 Å². The molecule has 2 aromatic carbocycles. The van der Waals surface area contributed by atoms with Crippen molar-refractivity contribution < 1.29 is 19.1 Å². The molecule has 8 heteroatoms. The van der Waals surface area contributed by atoms with Gasteiger partial charge < -0.3 is 14.4 Å². The van der Waals surface area contributed by atoms with Crippen molar-refractivity contribution in [3.8, 4) is 5.75 Å². The van der Waals surface area contributed by atoms with Crippen LogP contribution in [0.2, 0.25) is 0 Å². The van der Waals surface area contributed by atoms with Gasteiger partial charge in [0.1, 0.15) is 10.7 Å². The number of amides is 1. The Bertz CT molecular complexity index is 1330. The maximum absolute atomic E-state index is 13.6. The molecular formula is C30H33NO4S3. The fourth-order valence-electron chi connectivity index (χ4n) is 4.60. The van der Waals surface area contributed by atoms with Crippen molar-refractivity contribution in [1.82, 2.24) is 0 Å². The summed E-state index contributed by atoms with van der Waals surface area (Å²) in [5.74, 6) is 0.600. The van der Waals surface area contributed by atoms with Crippen LogP contribution in [-0.2, 0) is 14.3 Å². The third-order valence-electron chi connectivity index (χ3n) is 6.26. The number of rotatable bonds is 7. The molecule has 2 aliphatic rings. The number of hydrogen-bond acceptors (Lipinski definition) is 7. The zero-order valence-electron chi connectivity index (χ0n) is 22.6. The first-order valence-corrected chi connectivity index (χ1v) is 14.9. The smallest absolute Gasteiger partial charge is 0.346 e. The summed E-state index contributed by atoms with van der Waals surface area (Å²) in [6, 6.07) is 15.7. The Morgan fingerprint density at radius 3 is 2.37 bits per heavy atom. The Labute approximate surface area is 239 Å². The van der Waals surface area contributed by atoms with Crippen molar-refractivity contribution >= 4 is 68.6 Å². The van der Waals surface area contributed by atoms with Gasteiger partial charge in [0.2, 0.25) is 5.91 Å². The molecule has 1 amide bonds. The van der Waals surface area contributed by atoms with Crippen molar-refractivity contribution in [3.63, 3.8) is 0 Å². The number of thioether (sulfide) groups is 2. The zero-order chi connectivity index (χ0) is 27.6. The van der Waals surface area contributed by atoms with Gasteiger partial charge in [-0.2, -0.15) is 0 Å². The topological polar surface area (TPSA) is 55.8 Å². The van der Waals surface area contributed by atoms with Gasteiger partial charge in [-0.25, -0.2) is 4.79 Å². The standard InChI is InChI=1S/C30H33NO4S3/c1-7-34-20-14-15-22-21(17-20)24(27(36)30(5,6)31(22)23(32)16-18(3)4)29-37-25(19-12-10-9-11-13-19)26(38-29)28(33)35-8-2/h9-15,17-18H,7-8,16H2,1-6H3/b29-24+. The number of fused-ring (bicyclic) bond motifs is 1. The number of carbonyl (C=O) groups is 2. The first kappa shape index (κ1) is 28.5. The molecule has 0 saturated carbocycles. The van der Waals surface area contributed by atoms with Gasteiger partial charge in [0.25, 0.3) is 0 Å². The van der Waals surface area contributed by atoms with E-state index < -0.39 is 5.54 Å². The SMILES string of the molecule is CCOC(=O)C1=C(c2ccccc2)S/C(=C2\C(=S)C(C)(C)N(C(=O)CC(C)C)c3ccc(OCC)cc32)S1. The minimum absolute atomic E-state index is 0.0313. The van der Waals surface area contributed by atoms with Crippen molar-refractivity contribution in [1.29, 1.82) is 0 Å². The normalized spacial score (nSPS) is 18.6. The van der Waals surface area contributed by atoms with Crippen LogP contribution < -0.4 is 9.64 Å². The third kappa shape index (κ3) is 5.44. The molecule has 0 bridgehead atoms. The van der Waals surface area contributed by atoms with Gasteiger partial charge in [-0.15, -0.1) is 0 Å². The number of nitrogens with zero attached hydrogens (tertiary/aromatic N) is 1. The summed E-state index contributed by atoms with van der Waals surface area (Å²) >= 11 is 9.07. The largest absolute Gasteiger partial charge is 0.494 e. The van der Waals surface area contributed by atoms with Gasteiger partial charge in [-0.3, -0.25) is 4.79 Å². The average molecular weight is 568 g/mol. The van der Waals surface area contributed by atoms with Crippen LogP contribution in [0, 0.1) is 5.92 Å². The molecule has 0 unspecified atom stereocenters. The van der Waals surface area contributed by atoms with Crippen LogP contribution in [0.3, 0.4) is 0 Å². The van der Waals surface area contributed by atoms with E-state index in [0.717, 1.165) is 31.5 Å². The Balaban J connectivity index is 1.92. The van der Waals surface area contributed by atoms with E-state index in [0.29, 0.717) is 35.2 Å². The molecule has 5 nitrogen and oxygen atoms in total. The summed E-state index contributed by atoms with van der Waals surface area (Å²) < 4.78 is 12.2. The summed E-state index contributed by atoms with van der Waals surface area (Å²) in [6.07, 6.45) is 0.417. The molecule has 0 saturated heterocycles. The van der Waals surface area contributed by atoms with Gasteiger partial charge in [0, 0.05) is 22.5 Å². The second kappa shape index (κ2) is 11.7. The quantitative estimate of drug-likeness (QED) is 0.193.